The zero-order valence-electron chi connectivity index (χ0n) is 20.8. The van der Waals surface area contributed by atoms with Gasteiger partial charge in [-0.2, -0.15) is 6.08 Å². The first kappa shape index (κ1) is 30.8. The number of ether oxygens (including phenoxy) is 4. The molecule has 8 heteroatoms. The number of rotatable bonds is 8. The Morgan fingerprint density at radius 3 is 2.21 bits per heavy atom. The van der Waals surface area contributed by atoms with Crippen molar-refractivity contribution in [3.63, 3.8) is 0 Å². The molecule has 3 atom stereocenters. The van der Waals surface area contributed by atoms with Crippen molar-refractivity contribution in [2.75, 3.05) is 28.4 Å². The van der Waals surface area contributed by atoms with E-state index < -0.39 is 13.1 Å². The van der Waals surface area contributed by atoms with Gasteiger partial charge in [0.2, 0.25) is 0 Å². The maximum atomic E-state index is 11.4. The van der Waals surface area contributed by atoms with Gasteiger partial charge in [-0.3, -0.25) is 0 Å². The van der Waals surface area contributed by atoms with Gasteiger partial charge in [0.05, 0.1) is 32.7 Å². The Hall–Kier alpha value is -1.27. The second-order valence-electron chi connectivity index (χ2n) is 7.51. The molecule has 0 spiro atoms. The number of aromatic hydroxyl groups is 1. The van der Waals surface area contributed by atoms with Crippen molar-refractivity contribution in [1.29, 1.82) is 0 Å². The number of aryl methyl sites for hydroxylation is 1. The van der Waals surface area contributed by atoms with E-state index in [4.69, 9.17) is 18.9 Å². The van der Waals surface area contributed by atoms with Crippen LogP contribution in [-0.4, -0.2) is 51.1 Å². The van der Waals surface area contributed by atoms with Gasteiger partial charge in [0.15, 0.2) is 0 Å². The van der Waals surface area contributed by atoms with E-state index in [1.165, 1.54) is 0 Å². The Morgan fingerprint density at radius 1 is 1.09 bits per heavy atom. The largest absolute Gasteiger partial charge is 2.00 e. The van der Waals surface area contributed by atoms with E-state index in [0.29, 0.717) is 17.3 Å². The molecule has 0 radical (unpaired) electrons. The molecule has 0 heterocycles. The molecule has 1 N–H and O–H groups in total. The Balaban J connectivity index is 0.00000289. The second kappa shape index (κ2) is 13.2. The third-order valence-electron chi connectivity index (χ3n) is 5.70. The summed E-state index contributed by atoms with van der Waals surface area (Å²) in [7, 11) is 5.95. The molecule has 34 heavy (non-hydrogen) atoms. The van der Waals surface area contributed by atoms with Crippen molar-refractivity contribution in [3.05, 3.63) is 67.3 Å². The molecule has 0 saturated heterocycles. The first-order valence-corrected chi connectivity index (χ1v) is 12.5. The molecule has 180 valence electrons. The smallest absolute Gasteiger partial charge is 0.584 e. The normalized spacial score (nSPS) is 19.9. The predicted octanol–water partition coefficient (Wildman–Crippen LogP) is 4.28. The summed E-state index contributed by atoms with van der Waals surface area (Å²) < 4.78 is 23.4. The van der Waals surface area contributed by atoms with E-state index in [0.717, 1.165) is 29.7 Å². The zero-order valence-corrected chi connectivity index (χ0v) is 26.8. The van der Waals surface area contributed by atoms with Crippen molar-refractivity contribution < 1.29 is 55.2 Å². The Kier molecular flexibility index (Phi) is 11.9. The number of allylic oxidation sites excluding steroid dienone is 2. The van der Waals surface area contributed by atoms with E-state index in [2.05, 4.69) is 19.3 Å². The van der Waals surface area contributed by atoms with Crippen LogP contribution in [0.4, 0.5) is 0 Å². The van der Waals surface area contributed by atoms with Crippen molar-refractivity contribution in [1.82, 2.24) is 0 Å². The quantitative estimate of drug-likeness (QED) is 0.326. The summed E-state index contributed by atoms with van der Waals surface area (Å²) in [4.78, 5) is 0. The van der Waals surface area contributed by atoms with E-state index in [9.17, 15) is 5.11 Å². The summed E-state index contributed by atoms with van der Waals surface area (Å²) in [5.41, 5.74) is 1.03. The number of benzene rings is 2. The van der Waals surface area contributed by atoms with Crippen molar-refractivity contribution >= 4 is 38.3 Å². The summed E-state index contributed by atoms with van der Waals surface area (Å²) in [6.45, 7) is 4.11. The molecule has 0 aromatic heterocycles. The molecule has 0 amide bonds. The van der Waals surface area contributed by atoms with Crippen LogP contribution in [0.25, 0.3) is 0 Å². The first-order chi connectivity index (χ1) is 15.4. The van der Waals surface area contributed by atoms with E-state index in [1.807, 2.05) is 49.4 Å². The van der Waals surface area contributed by atoms with E-state index in [-0.39, 0.29) is 50.4 Å². The molecule has 0 aliphatic heterocycles. The Morgan fingerprint density at radius 2 is 1.71 bits per heavy atom. The van der Waals surface area contributed by atoms with Crippen LogP contribution < -0.4 is 25.4 Å². The monoisotopic (exact) mass is 724 g/mol. The van der Waals surface area contributed by atoms with Crippen LogP contribution in [0.15, 0.2) is 48.2 Å². The fourth-order valence-corrected chi connectivity index (χ4v) is 8.25. The topological polar surface area (TPSA) is 57.2 Å². The molecular weight excluding hydrogens is 692 g/mol. The fraction of sp³-hybridized carbons (Fsp3) is 0.308. The predicted molar refractivity (Wildman–Crippen MR) is 141 cm³/mol. The van der Waals surface area contributed by atoms with Crippen LogP contribution in [0.3, 0.4) is 0 Å². The van der Waals surface area contributed by atoms with Gasteiger partial charge in [0.25, 0.3) is 0 Å². The van der Waals surface area contributed by atoms with Gasteiger partial charge in [-0.15, -0.1) is 6.08 Å². The van der Waals surface area contributed by atoms with Crippen LogP contribution in [-0.2, 0) is 9.47 Å². The van der Waals surface area contributed by atoms with E-state index in [1.54, 1.807) is 28.4 Å². The maximum Gasteiger partial charge on any atom is 2.00 e. The zero-order chi connectivity index (χ0) is 23.5. The SMILES string of the molecule is C=Pc1cc(C)cc(P(c2c(OC)cccc2OC)C2(C)C(OC)=C[C-]=CC2OC)c1O.[CH3-].[U+2]. The maximum absolute atomic E-state index is 11.4. The van der Waals surface area contributed by atoms with Gasteiger partial charge >= 0.3 is 31.1 Å². The summed E-state index contributed by atoms with van der Waals surface area (Å²) in [6, 6.07) is 9.69. The first-order valence-electron chi connectivity index (χ1n) is 10.1. The minimum Gasteiger partial charge on any atom is -0.584 e. The van der Waals surface area contributed by atoms with Crippen molar-refractivity contribution in [3.8, 4) is 17.2 Å². The average Bonchev–Trinajstić information content (AvgIpc) is 2.81. The molecule has 0 fully saturated rings. The summed E-state index contributed by atoms with van der Waals surface area (Å²) in [5, 5.41) is 13.1. The fourth-order valence-electron chi connectivity index (χ4n) is 4.15. The van der Waals surface area contributed by atoms with Crippen LogP contribution in [0.2, 0.25) is 0 Å². The number of phenols is 1. The van der Waals surface area contributed by atoms with Gasteiger partial charge in [-0.25, -0.2) is 6.08 Å². The third-order valence-corrected chi connectivity index (χ3v) is 9.50. The number of hydrogen-bond acceptors (Lipinski definition) is 5. The Bertz CT molecular complexity index is 1050. The molecule has 5 nitrogen and oxygen atoms in total. The standard InChI is InChI=1S/C25H29O5P2.CH3.U/c1-16-14-19(31-7)23(26)20(15-16)32(24-17(27-3)10-8-11-18(24)28-4)25(2)21(29-5)12-9-13-22(25)30-6;;/h8,10-15,21,26H,7H2,1-6H3;1H3;/q2*-1;+2. The molecule has 1 aliphatic rings. The number of phenolic OH excluding ortho intramolecular Hbond substituents is 1. The van der Waals surface area contributed by atoms with Gasteiger partial charge in [-0.1, -0.05) is 27.5 Å². The van der Waals surface area contributed by atoms with Crippen LogP contribution in [0, 0.1) is 51.5 Å². The number of hydrogen-bond donors (Lipinski definition) is 1. The van der Waals surface area contributed by atoms with Gasteiger partial charge in [0.1, 0.15) is 17.2 Å². The van der Waals surface area contributed by atoms with Gasteiger partial charge in [0, 0.05) is 22.9 Å². The van der Waals surface area contributed by atoms with Crippen LogP contribution >= 0.6 is 16.1 Å². The number of methoxy groups -OCH3 is 4. The summed E-state index contributed by atoms with van der Waals surface area (Å²) >= 11 is 0. The molecule has 3 unspecified atom stereocenters. The third kappa shape index (κ3) is 5.43. The van der Waals surface area contributed by atoms with Gasteiger partial charge < -0.3 is 31.5 Å². The molecule has 3 rings (SSSR count). The van der Waals surface area contributed by atoms with Crippen molar-refractivity contribution in [2.45, 2.75) is 25.1 Å². The van der Waals surface area contributed by atoms with Gasteiger partial charge in [-0.05, 0) is 50.4 Å². The summed E-state index contributed by atoms with van der Waals surface area (Å²) in [6.07, 6.45) is 10.5. The molecule has 0 bridgehead atoms. The van der Waals surface area contributed by atoms with Crippen LogP contribution in [0.5, 0.6) is 17.2 Å². The molecule has 0 saturated carbocycles. The minimum atomic E-state index is -1.38. The molecule has 2 aromatic rings. The van der Waals surface area contributed by atoms with Crippen LogP contribution in [0.1, 0.15) is 12.5 Å². The molecular formula is C26H32O5P2U. The Labute approximate surface area is 230 Å². The van der Waals surface area contributed by atoms with Crippen molar-refractivity contribution in [2.24, 2.45) is 0 Å². The van der Waals surface area contributed by atoms with E-state index >= 15 is 0 Å². The molecule has 2 aromatic carbocycles. The average molecular weight is 725 g/mol. The minimum absolute atomic E-state index is 0. The molecule has 1 aliphatic carbocycles. The summed E-state index contributed by atoms with van der Waals surface area (Å²) in [5.74, 6) is 2.28. The second-order valence-corrected chi connectivity index (χ2v) is 10.8.